The number of carbonyl (C=O) groups excluding carboxylic acids is 2. The fraction of sp³-hybridized carbons (Fsp3) is 0.556. The molecule has 2 amide bonds. The average Bonchev–Trinajstić information content (AvgIpc) is 2.64. The lowest BCUT2D eigenvalue weighted by Crippen LogP contribution is -2.52. The summed E-state index contributed by atoms with van der Waals surface area (Å²) in [6, 6.07) is 7.35. The summed E-state index contributed by atoms with van der Waals surface area (Å²) in [6.07, 6.45) is 1.24. The van der Waals surface area contributed by atoms with Crippen molar-refractivity contribution in [2.45, 2.75) is 24.4 Å². The van der Waals surface area contributed by atoms with Gasteiger partial charge in [0.1, 0.15) is 0 Å². The Labute approximate surface area is 142 Å². The van der Waals surface area contributed by atoms with Crippen molar-refractivity contribution in [2.75, 3.05) is 40.4 Å². The third-order valence-corrected chi connectivity index (χ3v) is 5.38. The molecule has 0 saturated carbocycles. The van der Waals surface area contributed by atoms with Gasteiger partial charge in [-0.25, -0.2) is 0 Å². The van der Waals surface area contributed by atoms with Gasteiger partial charge in [0, 0.05) is 39.4 Å². The second kappa shape index (κ2) is 6.53. The van der Waals surface area contributed by atoms with E-state index in [0.29, 0.717) is 38.0 Å². The second-order valence-electron chi connectivity index (χ2n) is 6.70. The molecule has 1 aromatic carbocycles. The minimum atomic E-state index is -0.534. The summed E-state index contributed by atoms with van der Waals surface area (Å²) in [5.74, 6) is -0.315. The molecule has 1 atom stereocenters. The molecule has 2 aliphatic rings. The quantitative estimate of drug-likeness (QED) is 0.891. The number of fused-ring (bicyclic) bond motifs is 1. The molecule has 130 valence electrons. The van der Waals surface area contributed by atoms with Crippen LogP contribution in [0.15, 0.2) is 24.3 Å². The van der Waals surface area contributed by atoms with E-state index in [0.717, 1.165) is 5.56 Å². The predicted octanol–water partition coefficient (Wildman–Crippen LogP) is 0.856. The van der Waals surface area contributed by atoms with Crippen LogP contribution >= 0.6 is 0 Å². The van der Waals surface area contributed by atoms with Crippen LogP contribution in [-0.4, -0.2) is 72.7 Å². The number of nitrogens with zero attached hydrogens (tertiary/aromatic N) is 2. The van der Waals surface area contributed by atoms with Gasteiger partial charge in [0.15, 0.2) is 0 Å². The number of hydrogen-bond donors (Lipinski definition) is 1. The number of aliphatic hydroxyl groups is 1. The number of rotatable bonds is 3. The van der Waals surface area contributed by atoms with E-state index < -0.39 is 5.60 Å². The zero-order valence-corrected chi connectivity index (χ0v) is 14.2. The lowest BCUT2D eigenvalue weighted by molar-refractivity contribution is -0.141. The van der Waals surface area contributed by atoms with Crippen molar-refractivity contribution >= 4 is 11.8 Å². The molecule has 6 heteroatoms. The van der Waals surface area contributed by atoms with Gasteiger partial charge in [-0.15, -0.1) is 0 Å². The molecule has 24 heavy (non-hydrogen) atoms. The first kappa shape index (κ1) is 16.9. The maximum absolute atomic E-state index is 13.0. The van der Waals surface area contributed by atoms with Crippen LogP contribution in [0.25, 0.3) is 0 Å². The van der Waals surface area contributed by atoms with Gasteiger partial charge in [-0.05, 0) is 24.5 Å². The Morgan fingerprint density at radius 3 is 2.62 bits per heavy atom. The number of piperidine rings is 1. The zero-order chi connectivity index (χ0) is 17.3. The number of likely N-dealkylation sites (tertiary alicyclic amines) is 1. The Morgan fingerprint density at radius 2 is 2.00 bits per heavy atom. The number of amides is 2. The van der Waals surface area contributed by atoms with Gasteiger partial charge in [-0.3, -0.25) is 9.59 Å². The standard InChI is InChI=1S/C18H24N2O4/c1-19-11-15(13-5-3-4-6-14(13)16(19)22)17(23)20-9-7-18(12-21,24-2)8-10-20/h3-6,15,21H,7-12H2,1-2H3. The van der Waals surface area contributed by atoms with E-state index in [9.17, 15) is 14.7 Å². The molecule has 1 saturated heterocycles. The number of methoxy groups -OCH3 is 1. The summed E-state index contributed by atoms with van der Waals surface area (Å²) in [5.41, 5.74) is 0.896. The van der Waals surface area contributed by atoms with Crippen molar-refractivity contribution in [3.05, 3.63) is 35.4 Å². The van der Waals surface area contributed by atoms with Crippen LogP contribution in [-0.2, 0) is 9.53 Å². The Bertz CT molecular complexity index is 632. The summed E-state index contributed by atoms with van der Waals surface area (Å²) < 4.78 is 5.45. The summed E-state index contributed by atoms with van der Waals surface area (Å²) in [5, 5.41) is 9.54. The Hall–Kier alpha value is -1.92. The highest BCUT2D eigenvalue weighted by molar-refractivity contribution is 6.00. The molecular weight excluding hydrogens is 308 g/mol. The average molecular weight is 332 g/mol. The summed E-state index contributed by atoms with van der Waals surface area (Å²) >= 11 is 0. The third kappa shape index (κ3) is 2.80. The van der Waals surface area contributed by atoms with Crippen LogP contribution in [0.3, 0.4) is 0 Å². The topological polar surface area (TPSA) is 70.1 Å². The summed E-state index contributed by atoms with van der Waals surface area (Å²) in [7, 11) is 3.34. The van der Waals surface area contributed by atoms with Crippen molar-refractivity contribution in [2.24, 2.45) is 0 Å². The Morgan fingerprint density at radius 1 is 1.33 bits per heavy atom. The minimum Gasteiger partial charge on any atom is -0.393 e. The maximum Gasteiger partial charge on any atom is 0.253 e. The van der Waals surface area contributed by atoms with Gasteiger partial charge < -0.3 is 19.6 Å². The van der Waals surface area contributed by atoms with E-state index in [-0.39, 0.29) is 24.3 Å². The number of aliphatic hydroxyl groups excluding tert-OH is 1. The molecule has 1 N–H and O–H groups in total. The van der Waals surface area contributed by atoms with E-state index in [1.165, 1.54) is 0 Å². The van der Waals surface area contributed by atoms with Crippen LogP contribution in [0.1, 0.15) is 34.7 Å². The fourth-order valence-electron chi connectivity index (χ4n) is 3.65. The molecule has 0 radical (unpaired) electrons. The van der Waals surface area contributed by atoms with E-state index in [4.69, 9.17) is 4.74 Å². The normalized spacial score (nSPS) is 23.1. The first-order valence-electron chi connectivity index (χ1n) is 8.30. The molecule has 0 bridgehead atoms. The van der Waals surface area contributed by atoms with Gasteiger partial charge in [0.05, 0.1) is 18.1 Å². The SMILES string of the molecule is COC1(CO)CCN(C(=O)C2CN(C)C(=O)c3ccccc32)CC1. The molecule has 6 nitrogen and oxygen atoms in total. The third-order valence-electron chi connectivity index (χ3n) is 5.38. The zero-order valence-electron chi connectivity index (χ0n) is 14.2. The van der Waals surface area contributed by atoms with E-state index in [1.807, 2.05) is 23.1 Å². The number of carbonyl (C=O) groups is 2. The molecule has 0 spiro atoms. The lowest BCUT2D eigenvalue weighted by atomic mass is 9.86. The largest absolute Gasteiger partial charge is 0.393 e. The molecular formula is C18H24N2O4. The highest BCUT2D eigenvalue weighted by Gasteiger charge is 2.40. The molecule has 3 rings (SSSR count). The van der Waals surface area contributed by atoms with Gasteiger partial charge in [-0.1, -0.05) is 18.2 Å². The second-order valence-corrected chi connectivity index (χ2v) is 6.70. The van der Waals surface area contributed by atoms with Crippen molar-refractivity contribution in [1.29, 1.82) is 0 Å². The van der Waals surface area contributed by atoms with Crippen LogP contribution in [0, 0.1) is 0 Å². The van der Waals surface area contributed by atoms with Crippen molar-refractivity contribution in [3.63, 3.8) is 0 Å². The van der Waals surface area contributed by atoms with E-state index in [1.54, 1.807) is 25.1 Å². The predicted molar refractivity (Wildman–Crippen MR) is 88.8 cm³/mol. The van der Waals surface area contributed by atoms with Crippen molar-refractivity contribution < 1.29 is 19.4 Å². The first-order valence-corrected chi connectivity index (χ1v) is 8.30. The van der Waals surface area contributed by atoms with Crippen LogP contribution in [0.4, 0.5) is 0 Å². The van der Waals surface area contributed by atoms with E-state index >= 15 is 0 Å². The molecule has 1 unspecified atom stereocenters. The molecule has 2 aliphatic heterocycles. The minimum absolute atomic E-state index is 0.0327. The van der Waals surface area contributed by atoms with Crippen LogP contribution < -0.4 is 0 Å². The van der Waals surface area contributed by atoms with Gasteiger partial charge >= 0.3 is 0 Å². The molecule has 1 aromatic rings. The van der Waals surface area contributed by atoms with Gasteiger partial charge in [0.25, 0.3) is 5.91 Å². The fourth-order valence-corrected chi connectivity index (χ4v) is 3.65. The molecule has 0 aliphatic carbocycles. The lowest BCUT2D eigenvalue weighted by Gasteiger charge is -2.41. The van der Waals surface area contributed by atoms with Crippen LogP contribution in [0.5, 0.6) is 0 Å². The Kier molecular flexibility index (Phi) is 4.60. The number of benzene rings is 1. The van der Waals surface area contributed by atoms with Gasteiger partial charge in [0.2, 0.25) is 5.91 Å². The maximum atomic E-state index is 13.0. The van der Waals surface area contributed by atoms with Crippen molar-refractivity contribution in [3.8, 4) is 0 Å². The molecule has 2 heterocycles. The number of ether oxygens (including phenoxy) is 1. The smallest absolute Gasteiger partial charge is 0.253 e. The van der Waals surface area contributed by atoms with Gasteiger partial charge in [-0.2, -0.15) is 0 Å². The number of likely N-dealkylation sites (N-methyl/N-ethyl adjacent to an activating group) is 1. The first-order chi connectivity index (χ1) is 11.5. The summed E-state index contributed by atoms with van der Waals surface area (Å²) in [4.78, 5) is 28.8. The molecule has 0 aromatic heterocycles. The summed E-state index contributed by atoms with van der Waals surface area (Å²) in [6.45, 7) is 1.49. The Balaban J connectivity index is 1.79. The monoisotopic (exact) mass is 332 g/mol. The highest BCUT2D eigenvalue weighted by Crippen LogP contribution is 2.32. The van der Waals surface area contributed by atoms with Crippen molar-refractivity contribution in [1.82, 2.24) is 9.80 Å². The van der Waals surface area contributed by atoms with E-state index in [2.05, 4.69) is 0 Å². The molecule has 1 fully saturated rings. The highest BCUT2D eigenvalue weighted by atomic mass is 16.5. The van der Waals surface area contributed by atoms with Crippen LogP contribution in [0.2, 0.25) is 0 Å². The number of hydrogen-bond acceptors (Lipinski definition) is 4.